The van der Waals surface area contributed by atoms with Crippen LogP contribution in [0.1, 0.15) is 52.4 Å². The molecule has 0 aromatic rings. The molecule has 0 aliphatic heterocycles. The van der Waals surface area contributed by atoms with E-state index in [1.54, 1.807) is 7.11 Å². The van der Waals surface area contributed by atoms with Crippen molar-refractivity contribution >= 4 is 5.91 Å². The van der Waals surface area contributed by atoms with Crippen LogP contribution >= 0.6 is 0 Å². The second kappa shape index (κ2) is 7.85. The second-order valence-electron chi connectivity index (χ2n) is 6.27. The Morgan fingerprint density at radius 1 is 1.37 bits per heavy atom. The van der Waals surface area contributed by atoms with Crippen LogP contribution < -0.4 is 11.1 Å². The Bertz CT molecular complexity index is 275. The standard InChI is InChI=1S/C15H30N2O2/c1-12(5-4-6-13(2)16)14(18)17-11-15(7-8-15)9-10-19-3/h12-13H,4-11,16H2,1-3H3,(H,17,18). The topological polar surface area (TPSA) is 64.3 Å². The van der Waals surface area contributed by atoms with E-state index in [-0.39, 0.29) is 17.9 Å². The highest BCUT2D eigenvalue weighted by atomic mass is 16.5. The first-order valence-electron chi connectivity index (χ1n) is 7.51. The molecule has 2 unspecified atom stereocenters. The molecule has 0 aromatic carbocycles. The predicted octanol–water partition coefficient (Wildman–Crippen LogP) is 2.07. The molecule has 19 heavy (non-hydrogen) atoms. The summed E-state index contributed by atoms with van der Waals surface area (Å²) in [4.78, 5) is 12.0. The van der Waals surface area contributed by atoms with E-state index < -0.39 is 0 Å². The van der Waals surface area contributed by atoms with Gasteiger partial charge in [0, 0.05) is 32.2 Å². The number of hydrogen-bond donors (Lipinski definition) is 2. The Balaban J connectivity index is 2.16. The van der Waals surface area contributed by atoms with Crippen LogP contribution in [0.3, 0.4) is 0 Å². The van der Waals surface area contributed by atoms with Crippen LogP contribution in [-0.4, -0.2) is 32.2 Å². The van der Waals surface area contributed by atoms with Crippen LogP contribution in [0.5, 0.6) is 0 Å². The highest BCUT2D eigenvalue weighted by Crippen LogP contribution is 2.48. The Kier molecular flexibility index (Phi) is 6.80. The summed E-state index contributed by atoms with van der Waals surface area (Å²) in [6.45, 7) is 5.62. The number of ether oxygens (including phenoxy) is 1. The van der Waals surface area contributed by atoms with Gasteiger partial charge in [-0.3, -0.25) is 4.79 Å². The van der Waals surface area contributed by atoms with Gasteiger partial charge < -0.3 is 15.8 Å². The molecule has 1 fully saturated rings. The number of carbonyl (C=O) groups is 1. The van der Waals surface area contributed by atoms with Crippen LogP contribution in [0.4, 0.5) is 0 Å². The minimum Gasteiger partial charge on any atom is -0.385 e. The van der Waals surface area contributed by atoms with Crippen LogP contribution in [0.2, 0.25) is 0 Å². The monoisotopic (exact) mass is 270 g/mol. The number of amides is 1. The fraction of sp³-hybridized carbons (Fsp3) is 0.933. The van der Waals surface area contributed by atoms with Crippen LogP contribution in [0, 0.1) is 11.3 Å². The number of nitrogens with two attached hydrogens (primary N) is 1. The lowest BCUT2D eigenvalue weighted by molar-refractivity contribution is -0.125. The molecule has 3 N–H and O–H groups in total. The van der Waals surface area contributed by atoms with Gasteiger partial charge in [0.25, 0.3) is 0 Å². The molecule has 4 nitrogen and oxygen atoms in total. The molecule has 0 spiro atoms. The highest BCUT2D eigenvalue weighted by Gasteiger charge is 2.42. The summed E-state index contributed by atoms with van der Waals surface area (Å²) in [6.07, 6.45) is 6.45. The maximum atomic E-state index is 12.0. The lowest BCUT2D eigenvalue weighted by Gasteiger charge is -2.18. The molecule has 0 bridgehead atoms. The van der Waals surface area contributed by atoms with E-state index in [9.17, 15) is 4.79 Å². The summed E-state index contributed by atoms with van der Waals surface area (Å²) in [7, 11) is 1.73. The number of nitrogens with one attached hydrogen (secondary N) is 1. The van der Waals surface area contributed by atoms with E-state index in [1.807, 2.05) is 13.8 Å². The molecule has 1 saturated carbocycles. The molecule has 1 rings (SSSR count). The summed E-state index contributed by atoms with van der Waals surface area (Å²) in [5.41, 5.74) is 6.04. The quantitative estimate of drug-likeness (QED) is 0.639. The number of carbonyl (C=O) groups excluding carboxylic acids is 1. The van der Waals surface area contributed by atoms with Gasteiger partial charge >= 0.3 is 0 Å². The van der Waals surface area contributed by atoms with Gasteiger partial charge in [0.1, 0.15) is 0 Å². The molecule has 112 valence electrons. The van der Waals surface area contributed by atoms with Gasteiger partial charge in [-0.1, -0.05) is 13.3 Å². The van der Waals surface area contributed by atoms with Gasteiger partial charge in [0.2, 0.25) is 5.91 Å². The normalized spacial score (nSPS) is 19.8. The summed E-state index contributed by atoms with van der Waals surface area (Å²) in [5, 5.41) is 3.11. The second-order valence-corrected chi connectivity index (χ2v) is 6.27. The Hall–Kier alpha value is -0.610. The van der Waals surface area contributed by atoms with Crippen molar-refractivity contribution in [3.63, 3.8) is 0 Å². The van der Waals surface area contributed by atoms with Crippen molar-refractivity contribution in [1.82, 2.24) is 5.32 Å². The van der Waals surface area contributed by atoms with Gasteiger partial charge in [0.15, 0.2) is 0 Å². The smallest absolute Gasteiger partial charge is 0.222 e. The molecule has 0 saturated heterocycles. The third kappa shape index (κ3) is 6.39. The average Bonchev–Trinajstić information content (AvgIpc) is 3.13. The molecule has 0 aromatic heterocycles. The van der Waals surface area contributed by atoms with Crippen LogP contribution in [-0.2, 0) is 9.53 Å². The van der Waals surface area contributed by atoms with Crippen molar-refractivity contribution in [3.8, 4) is 0 Å². The van der Waals surface area contributed by atoms with E-state index >= 15 is 0 Å². The van der Waals surface area contributed by atoms with E-state index in [0.29, 0.717) is 5.41 Å². The maximum Gasteiger partial charge on any atom is 0.222 e. The van der Waals surface area contributed by atoms with E-state index in [2.05, 4.69) is 5.32 Å². The Morgan fingerprint density at radius 2 is 2.05 bits per heavy atom. The summed E-state index contributed by atoms with van der Waals surface area (Å²) in [5.74, 6) is 0.283. The van der Waals surface area contributed by atoms with Gasteiger partial charge in [-0.2, -0.15) is 0 Å². The molecular weight excluding hydrogens is 240 g/mol. The van der Waals surface area contributed by atoms with Crippen molar-refractivity contribution in [2.75, 3.05) is 20.3 Å². The molecule has 1 amide bonds. The summed E-state index contributed by atoms with van der Waals surface area (Å²) in [6, 6.07) is 0.235. The average molecular weight is 270 g/mol. The van der Waals surface area contributed by atoms with Crippen molar-refractivity contribution in [1.29, 1.82) is 0 Å². The Labute approximate surface area is 117 Å². The molecule has 0 radical (unpaired) electrons. The van der Waals surface area contributed by atoms with E-state index in [4.69, 9.17) is 10.5 Å². The van der Waals surface area contributed by atoms with Crippen molar-refractivity contribution in [2.45, 2.75) is 58.4 Å². The lowest BCUT2D eigenvalue weighted by atomic mass is 9.99. The first-order valence-corrected chi connectivity index (χ1v) is 7.51. The minimum atomic E-state index is 0.0944. The van der Waals surface area contributed by atoms with Gasteiger partial charge in [-0.05, 0) is 44.4 Å². The fourth-order valence-electron chi connectivity index (χ4n) is 2.34. The Morgan fingerprint density at radius 3 is 2.58 bits per heavy atom. The van der Waals surface area contributed by atoms with Crippen molar-refractivity contribution in [3.05, 3.63) is 0 Å². The van der Waals surface area contributed by atoms with Crippen LogP contribution in [0.25, 0.3) is 0 Å². The third-order valence-electron chi connectivity index (χ3n) is 4.18. The molecular formula is C15H30N2O2. The summed E-state index contributed by atoms with van der Waals surface area (Å²) >= 11 is 0. The van der Waals surface area contributed by atoms with Crippen LogP contribution in [0.15, 0.2) is 0 Å². The molecule has 1 aliphatic carbocycles. The van der Waals surface area contributed by atoms with Crippen molar-refractivity contribution < 1.29 is 9.53 Å². The highest BCUT2D eigenvalue weighted by molar-refractivity contribution is 5.78. The number of methoxy groups -OCH3 is 1. The lowest BCUT2D eigenvalue weighted by Crippen LogP contribution is -2.34. The largest absolute Gasteiger partial charge is 0.385 e. The predicted molar refractivity (Wildman–Crippen MR) is 77.8 cm³/mol. The van der Waals surface area contributed by atoms with E-state index in [0.717, 1.165) is 38.8 Å². The van der Waals surface area contributed by atoms with Gasteiger partial charge in [-0.25, -0.2) is 0 Å². The molecule has 4 heteroatoms. The third-order valence-corrected chi connectivity index (χ3v) is 4.18. The maximum absolute atomic E-state index is 12.0. The first kappa shape index (κ1) is 16.4. The summed E-state index contributed by atoms with van der Waals surface area (Å²) < 4.78 is 5.12. The van der Waals surface area contributed by atoms with Crippen molar-refractivity contribution in [2.24, 2.45) is 17.1 Å². The molecule has 2 atom stereocenters. The van der Waals surface area contributed by atoms with E-state index in [1.165, 1.54) is 12.8 Å². The fourth-order valence-corrected chi connectivity index (χ4v) is 2.34. The first-order chi connectivity index (χ1) is 8.99. The molecule has 0 heterocycles. The minimum absolute atomic E-state index is 0.0944. The zero-order valence-corrected chi connectivity index (χ0v) is 12.7. The SMILES string of the molecule is COCCC1(CNC(=O)C(C)CCCC(C)N)CC1. The number of hydrogen-bond acceptors (Lipinski definition) is 3. The van der Waals surface area contributed by atoms with Gasteiger partial charge in [0.05, 0.1) is 0 Å². The zero-order chi connectivity index (χ0) is 14.3. The zero-order valence-electron chi connectivity index (χ0n) is 12.7. The number of rotatable bonds is 10. The van der Waals surface area contributed by atoms with Gasteiger partial charge in [-0.15, -0.1) is 0 Å². The molecule has 1 aliphatic rings.